The Bertz CT molecular complexity index is 699. The van der Waals surface area contributed by atoms with Crippen LogP contribution in [0.25, 0.3) is 5.69 Å². The molecule has 0 aliphatic heterocycles. The van der Waals surface area contributed by atoms with E-state index in [0.29, 0.717) is 18.6 Å². The van der Waals surface area contributed by atoms with Crippen molar-refractivity contribution in [2.45, 2.75) is 59.7 Å². The molecule has 2 rings (SSSR count). The normalized spacial score (nSPS) is 12.2. The van der Waals surface area contributed by atoms with Crippen molar-refractivity contribution >= 4 is 5.96 Å². The fourth-order valence-corrected chi connectivity index (χ4v) is 3.24. The molecule has 0 spiro atoms. The molecule has 0 fully saturated rings. The highest BCUT2D eigenvalue weighted by Crippen LogP contribution is 2.09. The lowest BCUT2D eigenvalue weighted by molar-refractivity contribution is 0.173. The number of para-hydroxylation sites is 1. The summed E-state index contributed by atoms with van der Waals surface area (Å²) in [5, 5.41) is 15.0. The summed E-state index contributed by atoms with van der Waals surface area (Å²) < 4.78 is 1.97. The highest BCUT2D eigenvalue weighted by Gasteiger charge is 2.12. The lowest BCUT2D eigenvalue weighted by Crippen LogP contribution is -2.41. The Kier molecular flexibility index (Phi) is 8.94. The van der Waals surface area contributed by atoms with Gasteiger partial charge < -0.3 is 10.6 Å². The first-order valence-corrected chi connectivity index (χ1v) is 10.2. The molecule has 1 aromatic carbocycles. The van der Waals surface area contributed by atoms with Crippen LogP contribution in [0.2, 0.25) is 0 Å². The maximum atomic E-state index is 4.69. The predicted molar refractivity (Wildman–Crippen MR) is 116 cm³/mol. The monoisotopic (exact) mass is 385 g/mol. The van der Waals surface area contributed by atoms with Gasteiger partial charge in [-0.05, 0) is 53.2 Å². The number of guanidine groups is 1. The van der Waals surface area contributed by atoms with Crippen molar-refractivity contribution in [1.29, 1.82) is 0 Å². The second-order valence-electron chi connectivity index (χ2n) is 7.35. The van der Waals surface area contributed by atoms with Gasteiger partial charge in [-0.1, -0.05) is 18.2 Å². The second-order valence-corrected chi connectivity index (χ2v) is 7.35. The third-order valence-electron chi connectivity index (χ3n) is 4.59. The molecule has 0 atom stereocenters. The SMILES string of the molecule is CCNC(=NCc1nncn1-c1ccccc1)NCCCN(C(C)C)C(C)C. The molecule has 7 heteroatoms. The van der Waals surface area contributed by atoms with Crippen LogP contribution >= 0.6 is 0 Å². The van der Waals surface area contributed by atoms with E-state index in [1.807, 2.05) is 34.9 Å². The molecule has 0 aliphatic rings. The summed E-state index contributed by atoms with van der Waals surface area (Å²) in [5.41, 5.74) is 1.04. The molecule has 0 aliphatic carbocycles. The Hall–Kier alpha value is -2.41. The third kappa shape index (κ3) is 6.64. The molecule has 2 N–H and O–H groups in total. The van der Waals surface area contributed by atoms with Gasteiger partial charge in [-0.2, -0.15) is 0 Å². The fraction of sp³-hybridized carbons (Fsp3) is 0.571. The maximum Gasteiger partial charge on any atom is 0.191 e. The largest absolute Gasteiger partial charge is 0.357 e. The molecule has 0 unspecified atom stereocenters. The number of aliphatic imine (C=N–C) groups is 1. The minimum absolute atomic E-state index is 0.467. The van der Waals surface area contributed by atoms with Crippen molar-refractivity contribution < 1.29 is 0 Å². The Labute approximate surface area is 169 Å². The Morgan fingerprint density at radius 1 is 1.11 bits per heavy atom. The smallest absolute Gasteiger partial charge is 0.191 e. The van der Waals surface area contributed by atoms with Gasteiger partial charge in [-0.15, -0.1) is 10.2 Å². The fourth-order valence-electron chi connectivity index (χ4n) is 3.24. The van der Waals surface area contributed by atoms with Crippen molar-refractivity contribution in [3.8, 4) is 5.69 Å². The third-order valence-corrected chi connectivity index (χ3v) is 4.59. The van der Waals surface area contributed by atoms with Gasteiger partial charge >= 0.3 is 0 Å². The molecule has 0 radical (unpaired) electrons. The molecule has 0 bridgehead atoms. The quantitative estimate of drug-likeness (QED) is 0.374. The summed E-state index contributed by atoms with van der Waals surface area (Å²) >= 11 is 0. The summed E-state index contributed by atoms with van der Waals surface area (Å²) in [6, 6.07) is 11.2. The van der Waals surface area contributed by atoms with E-state index in [4.69, 9.17) is 0 Å². The van der Waals surface area contributed by atoms with Crippen LogP contribution in [0.1, 0.15) is 46.9 Å². The minimum Gasteiger partial charge on any atom is -0.357 e. The number of aromatic nitrogens is 3. The Morgan fingerprint density at radius 2 is 1.82 bits per heavy atom. The van der Waals surface area contributed by atoms with Gasteiger partial charge in [0, 0.05) is 37.4 Å². The van der Waals surface area contributed by atoms with Crippen molar-refractivity contribution in [3.05, 3.63) is 42.5 Å². The number of rotatable bonds is 10. The molecular weight excluding hydrogens is 350 g/mol. The van der Waals surface area contributed by atoms with Crippen LogP contribution in [0.3, 0.4) is 0 Å². The van der Waals surface area contributed by atoms with Crippen molar-refractivity contribution in [2.24, 2.45) is 4.99 Å². The zero-order valence-electron chi connectivity index (χ0n) is 17.9. The summed E-state index contributed by atoms with van der Waals surface area (Å²) in [4.78, 5) is 7.19. The van der Waals surface area contributed by atoms with Gasteiger partial charge in [-0.25, -0.2) is 4.99 Å². The van der Waals surface area contributed by atoms with Crippen LogP contribution in [0.5, 0.6) is 0 Å². The number of nitrogens with zero attached hydrogens (tertiary/aromatic N) is 5. The highest BCUT2D eigenvalue weighted by molar-refractivity contribution is 5.79. The van der Waals surface area contributed by atoms with Gasteiger partial charge in [0.05, 0.1) is 0 Å². The maximum absolute atomic E-state index is 4.69. The number of benzene rings is 1. The predicted octanol–water partition coefficient (Wildman–Crippen LogP) is 2.83. The van der Waals surface area contributed by atoms with Gasteiger partial charge in [-0.3, -0.25) is 9.47 Å². The molecule has 0 amide bonds. The highest BCUT2D eigenvalue weighted by atomic mass is 15.3. The van der Waals surface area contributed by atoms with E-state index in [1.165, 1.54) is 0 Å². The number of nitrogens with one attached hydrogen (secondary N) is 2. The summed E-state index contributed by atoms with van der Waals surface area (Å²) in [7, 11) is 0. The summed E-state index contributed by atoms with van der Waals surface area (Å²) in [5.74, 6) is 1.62. The van der Waals surface area contributed by atoms with E-state index in [1.54, 1.807) is 6.33 Å². The van der Waals surface area contributed by atoms with Gasteiger partial charge in [0.15, 0.2) is 11.8 Å². The van der Waals surface area contributed by atoms with E-state index in [0.717, 1.165) is 43.5 Å². The standard InChI is InChI=1S/C21H35N7/c1-6-22-21(23-13-10-14-27(17(2)3)18(4)5)24-15-20-26-25-16-28(20)19-11-8-7-9-12-19/h7-9,11-12,16-18H,6,10,13-15H2,1-5H3,(H2,22,23,24). The first kappa shape index (κ1) is 21.9. The van der Waals surface area contributed by atoms with E-state index >= 15 is 0 Å². The molecule has 7 nitrogen and oxygen atoms in total. The molecule has 1 aromatic heterocycles. The lowest BCUT2D eigenvalue weighted by atomic mass is 10.2. The molecule has 28 heavy (non-hydrogen) atoms. The molecule has 2 aromatic rings. The second kappa shape index (κ2) is 11.4. The molecule has 0 saturated heterocycles. The molecular formula is C21H35N7. The zero-order chi connectivity index (χ0) is 20.4. The average molecular weight is 386 g/mol. The van der Waals surface area contributed by atoms with E-state index in [9.17, 15) is 0 Å². The number of hydrogen-bond donors (Lipinski definition) is 2. The first-order valence-electron chi connectivity index (χ1n) is 10.2. The van der Waals surface area contributed by atoms with E-state index < -0.39 is 0 Å². The average Bonchev–Trinajstić information content (AvgIpc) is 3.14. The van der Waals surface area contributed by atoms with Crippen LogP contribution < -0.4 is 10.6 Å². The molecule has 154 valence electrons. The lowest BCUT2D eigenvalue weighted by Gasteiger charge is -2.30. The molecule has 0 saturated carbocycles. The Morgan fingerprint density at radius 3 is 2.46 bits per heavy atom. The summed E-state index contributed by atoms with van der Waals surface area (Å²) in [6.45, 7) is 14.3. The van der Waals surface area contributed by atoms with Gasteiger partial charge in [0.2, 0.25) is 0 Å². The minimum atomic E-state index is 0.467. The first-order chi connectivity index (χ1) is 13.5. The molecule has 1 heterocycles. The summed E-state index contributed by atoms with van der Waals surface area (Å²) in [6.07, 6.45) is 2.80. The van der Waals surface area contributed by atoms with Crippen LogP contribution in [0, 0.1) is 0 Å². The van der Waals surface area contributed by atoms with E-state index in [2.05, 4.69) is 65.3 Å². The van der Waals surface area contributed by atoms with Crippen LogP contribution in [-0.2, 0) is 6.54 Å². The van der Waals surface area contributed by atoms with Gasteiger partial charge in [0.1, 0.15) is 12.9 Å². The Balaban J connectivity index is 1.92. The number of hydrogen-bond acceptors (Lipinski definition) is 4. The zero-order valence-corrected chi connectivity index (χ0v) is 17.9. The van der Waals surface area contributed by atoms with Crippen LogP contribution in [0.15, 0.2) is 41.7 Å². The topological polar surface area (TPSA) is 70.4 Å². The van der Waals surface area contributed by atoms with Crippen molar-refractivity contribution in [2.75, 3.05) is 19.6 Å². The van der Waals surface area contributed by atoms with Gasteiger partial charge in [0.25, 0.3) is 0 Å². The van der Waals surface area contributed by atoms with Crippen LogP contribution in [0.4, 0.5) is 0 Å². The van der Waals surface area contributed by atoms with Crippen LogP contribution in [-0.4, -0.2) is 57.3 Å². The van der Waals surface area contributed by atoms with Crippen molar-refractivity contribution in [3.63, 3.8) is 0 Å². The van der Waals surface area contributed by atoms with Crippen molar-refractivity contribution in [1.82, 2.24) is 30.3 Å². The van der Waals surface area contributed by atoms with E-state index in [-0.39, 0.29) is 0 Å².